The van der Waals surface area contributed by atoms with Crippen LogP contribution in [0.3, 0.4) is 0 Å². The van der Waals surface area contributed by atoms with Crippen molar-refractivity contribution in [2.75, 3.05) is 12.3 Å². The molecule has 2 N–H and O–H groups in total. The number of hydrogen-bond acceptors (Lipinski definition) is 4. The quantitative estimate of drug-likeness (QED) is 0.686. The Bertz CT molecular complexity index is 628. The average Bonchev–Trinajstić information content (AvgIpc) is 2.43. The Morgan fingerprint density at radius 2 is 2.00 bits per heavy atom. The number of ether oxygens (including phenoxy) is 2. The van der Waals surface area contributed by atoms with Gasteiger partial charge in [0.25, 0.3) is 0 Å². The van der Waals surface area contributed by atoms with Gasteiger partial charge in [0.15, 0.2) is 0 Å². The van der Waals surface area contributed by atoms with E-state index in [1.165, 1.54) is 6.07 Å². The number of hydrogen-bond donors (Lipinski definition) is 1. The van der Waals surface area contributed by atoms with Crippen LogP contribution in [0.15, 0.2) is 42.5 Å². The van der Waals surface area contributed by atoms with Crippen molar-refractivity contribution in [3.63, 3.8) is 0 Å². The molecule has 0 aromatic heterocycles. The molecule has 0 fully saturated rings. The van der Waals surface area contributed by atoms with Crippen LogP contribution in [0, 0.1) is 0 Å². The molecule has 0 amide bonds. The maximum absolute atomic E-state index is 11.8. The minimum Gasteiger partial charge on any atom is -0.462 e. The predicted molar refractivity (Wildman–Crippen MR) is 78.3 cm³/mol. The van der Waals surface area contributed by atoms with E-state index in [0.29, 0.717) is 22.2 Å². The Kier molecular flexibility index (Phi) is 4.48. The molecule has 0 spiro atoms. The van der Waals surface area contributed by atoms with Crippen LogP contribution in [0.4, 0.5) is 5.69 Å². The molecule has 0 bridgehead atoms. The first-order valence-electron chi connectivity index (χ1n) is 6.11. The van der Waals surface area contributed by atoms with E-state index in [1.54, 1.807) is 31.2 Å². The van der Waals surface area contributed by atoms with Crippen LogP contribution >= 0.6 is 11.6 Å². The summed E-state index contributed by atoms with van der Waals surface area (Å²) in [6.07, 6.45) is 0. The van der Waals surface area contributed by atoms with E-state index in [4.69, 9.17) is 26.8 Å². The molecule has 2 aromatic carbocycles. The van der Waals surface area contributed by atoms with Gasteiger partial charge in [-0.1, -0.05) is 23.7 Å². The smallest absolute Gasteiger partial charge is 0.340 e. The van der Waals surface area contributed by atoms with Gasteiger partial charge in [-0.25, -0.2) is 4.79 Å². The lowest BCUT2D eigenvalue weighted by Gasteiger charge is -2.10. The van der Waals surface area contributed by atoms with Crippen molar-refractivity contribution in [2.24, 2.45) is 0 Å². The van der Waals surface area contributed by atoms with Crippen LogP contribution in [-0.2, 0) is 4.74 Å². The number of carbonyl (C=O) groups excluding carboxylic acids is 1. The Balaban J connectivity index is 2.28. The minimum absolute atomic E-state index is 0.274. The Morgan fingerprint density at radius 1 is 1.25 bits per heavy atom. The highest BCUT2D eigenvalue weighted by molar-refractivity contribution is 6.32. The summed E-state index contributed by atoms with van der Waals surface area (Å²) < 4.78 is 10.6. The van der Waals surface area contributed by atoms with E-state index < -0.39 is 5.97 Å². The van der Waals surface area contributed by atoms with Gasteiger partial charge in [-0.2, -0.15) is 0 Å². The van der Waals surface area contributed by atoms with E-state index in [9.17, 15) is 4.79 Å². The molecule has 0 aliphatic rings. The molecule has 20 heavy (non-hydrogen) atoms. The van der Waals surface area contributed by atoms with Crippen molar-refractivity contribution < 1.29 is 14.3 Å². The number of anilines is 1. The molecule has 104 valence electrons. The van der Waals surface area contributed by atoms with Crippen LogP contribution in [0.5, 0.6) is 11.5 Å². The van der Waals surface area contributed by atoms with Gasteiger partial charge in [0.2, 0.25) is 0 Å². The van der Waals surface area contributed by atoms with Gasteiger partial charge >= 0.3 is 5.97 Å². The minimum atomic E-state index is -0.477. The highest BCUT2D eigenvalue weighted by Crippen LogP contribution is 2.30. The third kappa shape index (κ3) is 3.22. The third-order valence-electron chi connectivity index (χ3n) is 2.58. The number of nitrogens with two attached hydrogens (primary N) is 1. The van der Waals surface area contributed by atoms with Crippen molar-refractivity contribution in [3.05, 3.63) is 53.1 Å². The highest BCUT2D eigenvalue weighted by Gasteiger charge is 2.13. The molecule has 0 radical (unpaired) electrons. The molecular formula is C15H14ClNO3. The number of nitrogen functional groups attached to an aromatic ring is 1. The lowest BCUT2D eigenvalue weighted by molar-refractivity contribution is 0.0527. The fourth-order valence-corrected chi connectivity index (χ4v) is 1.81. The van der Waals surface area contributed by atoms with Gasteiger partial charge < -0.3 is 15.2 Å². The first-order chi connectivity index (χ1) is 9.61. The highest BCUT2D eigenvalue weighted by atomic mass is 35.5. The monoisotopic (exact) mass is 291 g/mol. The van der Waals surface area contributed by atoms with Gasteiger partial charge in [0, 0.05) is 5.69 Å². The molecule has 0 aliphatic heterocycles. The van der Waals surface area contributed by atoms with E-state index in [2.05, 4.69) is 0 Å². The largest absolute Gasteiger partial charge is 0.462 e. The van der Waals surface area contributed by atoms with E-state index in [1.807, 2.05) is 12.1 Å². The summed E-state index contributed by atoms with van der Waals surface area (Å²) in [5, 5.41) is 0.488. The summed E-state index contributed by atoms with van der Waals surface area (Å²) in [5.41, 5.74) is 6.38. The Hall–Kier alpha value is -2.20. The molecule has 5 heteroatoms. The zero-order valence-corrected chi connectivity index (χ0v) is 11.7. The van der Waals surface area contributed by atoms with Gasteiger partial charge in [-0.05, 0) is 37.3 Å². The Labute approximate surface area is 122 Å². The fourth-order valence-electron chi connectivity index (χ4n) is 1.64. The van der Waals surface area contributed by atoms with Gasteiger partial charge in [0.1, 0.15) is 11.5 Å². The topological polar surface area (TPSA) is 61.5 Å². The SMILES string of the molecule is CCOC(=O)c1cc(Oc2ccccc2Cl)ccc1N. The molecule has 2 rings (SSSR count). The van der Waals surface area contributed by atoms with Gasteiger partial charge in [-0.15, -0.1) is 0 Å². The lowest BCUT2D eigenvalue weighted by atomic mass is 10.1. The molecular weight excluding hydrogens is 278 g/mol. The average molecular weight is 292 g/mol. The van der Waals surface area contributed by atoms with Gasteiger partial charge in [-0.3, -0.25) is 0 Å². The van der Waals surface area contributed by atoms with Crippen molar-refractivity contribution in [1.82, 2.24) is 0 Å². The summed E-state index contributed by atoms with van der Waals surface area (Å²) >= 11 is 6.02. The molecule has 0 saturated heterocycles. The number of carbonyl (C=O) groups is 1. The summed E-state index contributed by atoms with van der Waals surface area (Å²) in [6, 6.07) is 11.9. The Morgan fingerprint density at radius 3 is 2.70 bits per heavy atom. The molecule has 0 saturated carbocycles. The number of para-hydroxylation sites is 1. The first-order valence-corrected chi connectivity index (χ1v) is 6.48. The summed E-state index contributed by atoms with van der Waals surface area (Å²) in [6.45, 7) is 2.02. The molecule has 0 heterocycles. The molecule has 2 aromatic rings. The second-order valence-corrected chi connectivity index (χ2v) is 4.41. The van der Waals surface area contributed by atoms with Crippen LogP contribution in [0.25, 0.3) is 0 Å². The zero-order valence-electron chi connectivity index (χ0n) is 10.9. The number of halogens is 1. The van der Waals surface area contributed by atoms with E-state index >= 15 is 0 Å². The molecule has 0 atom stereocenters. The zero-order chi connectivity index (χ0) is 14.5. The molecule has 0 aliphatic carbocycles. The second kappa shape index (κ2) is 6.30. The van der Waals surface area contributed by atoms with Crippen molar-refractivity contribution in [3.8, 4) is 11.5 Å². The van der Waals surface area contributed by atoms with Crippen LogP contribution in [0.1, 0.15) is 17.3 Å². The van der Waals surface area contributed by atoms with Crippen molar-refractivity contribution in [1.29, 1.82) is 0 Å². The summed E-state index contributed by atoms with van der Waals surface area (Å²) in [4.78, 5) is 11.8. The molecule has 4 nitrogen and oxygen atoms in total. The van der Waals surface area contributed by atoms with E-state index in [0.717, 1.165) is 0 Å². The van der Waals surface area contributed by atoms with Crippen LogP contribution < -0.4 is 10.5 Å². The molecule has 0 unspecified atom stereocenters. The number of benzene rings is 2. The maximum atomic E-state index is 11.8. The lowest BCUT2D eigenvalue weighted by Crippen LogP contribution is -2.08. The van der Waals surface area contributed by atoms with Crippen LogP contribution in [0.2, 0.25) is 5.02 Å². The van der Waals surface area contributed by atoms with E-state index in [-0.39, 0.29) is 12.2 Å². The maximum Gasteiger partial charge on any atom is 0.340 e. The number of esters is 1. The van der Waals surface area contributed by atoms with Gasteiger partial charge in [0.05, 0.1) is 17.2 Å². The van der Waals surface area contributed by atoms with Crippen LogP contribution in [-0.4, -0.2) is 12.6 Å². The van der Waals surface area contributed by atoms with Crippen molar-refractivity contribution in [2.45, 2.75) is 6.92 Å². The standard InChI is InChI=1S/C15H14ClNO3/c1-2-19-15(18)11-9-10(7-8-13(11)17)20-14-6-4-3-5-12(14)16/h3-9H,2,17H2,1H3. The fraction of sp³-hybridized carbons (Fsp3) is 0.133. The summed E-state index contributed by atoms with van der Waals surface area (Å²) in [5.74, 6) is 0.499. The second-order valence-electron chi connectivity index (χ2n) is 4.00. The number of rotatable bonds is 4. The normalized spacial score (nSPS) is 10.1. The van der Waals surface area contributed by atoms with Crippen molar-refractivity contribution >= 4 is 23.3 Å². The third-order valence-corrected chi connectivity index (χ3v) is 2.90. The predicted octanol–water partition coefficient (Wildman–Crippen LogP) is 3.89. The first kappa shape index (κ1) is 14.2. The summed E-state index contributed by atoms with van der Waals surface area (Å²) in [7, 11) is 0.